The zero-order valence-electron chi connectivity index (χ0n) is 11.3. The molecule has 98 valence electrons. The number of phenols is 1. The molecular weight excluding hydrogens is 236 g/mol. The third kappa shape index (κ3) is 2.84. The van der Waals surface area contributed by atoms with Crippen LogP contribution in [0.25, 0.3) is 0 Å². The fourth-order valence-electron chi connectivity index (χ4n) is 2.23. The van der Waals surface area contributed by atoms with Crippen molar-refractivity contribution in [2.45, 2.75) is 26.7 Å². The average molecular weight is 254 g/mol. The van der Waals surface area contributed by atoms with Crippen LogP contribution in [0.15, 0.2) is 42.5 Å². The third-order valence-corrected chi connectivity index (χ3v) is 3.13. The molecule has 0 spiro atoms. The summed E-state index contributed by atoms with van der Waals surface area (Å²) in [6.07, 6.45) is 1.72. The number of benzene rings is 2. The van der Waals surface area contributed by atoms with Crippen LogP contribution in [-0.2, 0) is 6.42 Å². The molecule has 2 nitrogen and oxygen atoms in total. The summed E-state index contributed by atoms with van der Waals surface area (Å²) in [7, 11) is 0. The Hall–Kier alpha value is -2.09. The van der Waals surface area contributed by atoms with E-state index in [4.69, 9.17) is 0 Å². The highest BCUT2D eigenvalue weighted by molar-refractivity contribution is 6.11. The zero-order valence-corrected chi connectivity index (χ0v) is 11.3. The Labute approximate surface area is 113 Å². The molecule has 0 aliphatic carbocycles. The number of carbonyl (C=O) groups excluding carboxylic acids is 1. The summed E-state index contributed by atoms with van der Waals surface area (Å²) < 4.78 is 0. The summed E-state index contributed by atoms with van der Waals surface area (Å²) in [6.45, 7) is 4.00. The number of carbonyl (C=O) groups is 1. The lowest BCUT2D eigenvalue weighted by molar-refractivity contribution is 0.103. The van der Waals surface area contributed by atoms with Crippen molar-refractivity contribution in [3.05, 3.63) is 64.7 Å². The molecule has 2 rings (SSSR count). The van der Waals surface area contributed by atoms with Crippen LogP contribution in [-0.4, -0.2) is 10.9 Å². The molecule has 2 aromatic rings. The molecule has 0 bridgehead atoms. The van der Waals surface area contributed by atoms with E-state index in [-0.39, 0.29) is 11.5 Å². The fraction of sp³-hybridized carbons (Fsp3) is 0.235. The first kappa shape index (κ1) is 13.3. The van der Waals surface area contributed by atoms with Gasteiger partial charge in [0.15, 0.2) is 5.78 Å². The lowest BCUT2D eigenvalue weighted by Gasteiger charge is -2.10. The first-order valence-corrected chi connectivity index (χ1v) is 6.55. The van der Waals surface area contributed by atoms with Gasteiger partial charge in [-0.2, -0.15) is 0 Å². The van der Waals surface area contributed by atoms with Gasteiger partial charge >= 0.3 is 0 Å². The molecule has 0 fully saturated rings. The Bertz CT molecular complexity index is 586. The molecule has 1 N–H and O–H groups in total. The highest BCUT2D eigenvalue weighted by Gasteiger charge is 2.16. The molecule has 2 aromatic carbocycles. The molecule has 19 heavy (non-hydrogen) atoms. The van der Waals surface area contributed by atoms with Crippen LogP contribution in [0.1, 0.15) is 40.4 Å². The summed E-state index contributed by atoms with van der Waals surface area (Å²) in [6, 6.07) is 12.8. The zero-order chi connectivity index (χ0) is 13.8. The lowest BCUT2D eigenvalue weighted by atomic mass is 9.96. The number of ketones is 1. The van der Waals surface area contributed by atoms with E-state index in [2.05, 4.69) is 6.92 Å². The highest BCUT2D eigenvalue weighted by atomic mass is 16.3. The second-order valence-electron chi connectivity index (χ2n) is 4.77. The van der Waals surface area contributed by atoms with Crippen LogP contribution >= 0.6 is 0 Å². The van der Waals surface area contributed by atoms with Gasteiger partial charge in [0.2, 0.25) is 0 Å². The molecule has 0 heterocycles. The van der Waals surface area contributed by atoms with E-state index >= 15 is 0 Å². The molecule has 0 saturated heterocycles. The summed E-state index contributed by atoms with van der Waals surface area (Å²) in [5, 5.41) is 10.3. The van der Waals surface area contributed by atoms with Crippen LogP contribution in [0, 0.1) is 6.92 Å². The van der Waals surface area contributed by atoms with Gasteiger partial charge < -0.3 is 5.11 Å². The first-order valence-electron chi connectivity index (χ1n) is 6.55. The minimum absolute atomic E-state index is 0.126. The van der Waals surface area contributed by atoms with Gasteiger partial charge in [-0.05, 0) is 30.5 Å². The molecule has 0 radical (unpaired) electrons. The van der Waals surface area contributed by atoms with Gasteiger partial charge in [0.05, 0.1) is 5.56 Å². The largest absolute Gasteiger partial charge is 0.507 e. The minimum Gasteiger partial charge on any atom is -0.507 e. The maximum atomic E-state index is 12.4. The number of phenolic OH excluding ortho intramolecular Hbond substituents is 1. The van der Waals surface area contributed by atoms with E-state index in [1.807, 2.05) is 31.2 Å². The van der Waals surface area contributed by atoms with Gasteiger partial charge in [0.25, 0.3) is 0 Å². The van der Waals surface area contributed by atoms with Crippen molar-refractivity contribution in [3.8, 4) is 5.75 Å². The van der Waals surface area contributed by atoms with Crippen LogP contribution in [0.4, 0.5) is 0 Å². The van der Waals surface area contributed by atoms with Crippen LogP contribution in [0.3, 0.4) is 0 Å². The number of aromatic hydroxyl groups is 1. The predicted octanol–water partition coefficient (Wildman–Crippen LogP) is 3.88. The van der Waals surface area contributed by atoms with Gasteiger partial charge in [-0.15, -0.1) is 0 Å². The maximum Gasteiger partial charge on any atom is 0.196 e. The first-order chi connectivity index (χ1) is 9.13. The summed E-state index contributed by atoms with van der Waals surface area (Å²) >= 11 is 0. The number of aryl methyl sites for hydroxylation is 2. The van der Waals surface area contributed by atoms with Crippen molar-refractivity contribution in [1.82, 2.24) is 0 Å². The van der Waals surface area contributed by atoms with E-state index in [1.54, 1.807) is 18.2 Å². The van der Waals surface area contributed by atoms with Crippen molar-refractivity contribution in [1.29, 1.82) is 0 Å². The second kappa shape index (κ2) is 5.70. The third-order valence-electron chi connectivity index (χ3n) is 3.13. The number of hydrogen-bond donors (Lipinski definition) is 1. The van der Waals surface area contributed by atoms with E-state index < -0.39 is 0 Å². The average Bonchev–Trinajstić information content (AvgIpc) is 2.43. The minimum atomic E-state index is -0.126. The Morgan fingerprint density at radius 2 is 1.84 bits per heavy atom. The SMILES string of the molecule is CCCc1cc(C)cc(C(=O)c2ccccc2)c1O. The van der Waals surface area contributed by atoms with Gasteiger partial charge in [-0.1, -0.05) is 49.7 Å². The van der Waals surface area contributed by atoms with E-state index in [1.165, 1.54) is 0 Å². The molecule has 0 aliphatic rings. The Balaban J connectivity index is 2.48. The Kier molecular flexibility index (Phi) is 4.00. The summed E-state index contributed by atoms with van der Waals surface area (Å²) in [5.74, 6) is 0.000422. The molecule has 0 aliphatic heterocycles. The summed E-state index contributed by atoms with van der Waals surface area (Å²) in [5.41, 5.74) is 2.85. The van der Waals surface area contributed by atoms with E-state index in [0.29, 0.717) is 11.1 Å². The molecule has 0 amide bonds. The monoisotopic (exact) mass is 254 g/mol. The highest BCUT2D eigenvalue weighted by Crippen LogP contribution is 2.27. The molecule has 0 aromatic heterocycles. The molecule has 0 saturated carbocycles. The summed E-state index contributed by atoms with van der Waals surface area (Å²) in [4.78, 5) is 12.4. The second-order valence-corrected chi connectivity index (χ2v) is 4.77. The molecular formula is C17H18O2. The van der Waals surface area contributed by atoms with E-state index in [9.17, 15) is 9.90 Å². The van der Waals surface area contributed by atoms with Crippen molar-refractivity contribution in [2.24, 2.45) is 0 Å². The smallest absolute Gasteiger partial charge is 0.196 e. The van der Waals surface area contributed by atoms with Crippen molar-refractivity contribution in [3.63, 3.8) is 0 Å². The Morgan fingerprint density at radius 1 is 1.16 bits per heavy atom. The van der Waals surface area contributed by atoms with Crippen LogP contribution in [0.5, 0.6) is 5.75 Å². The number of rotatable bonds is 4. The lowest BCUT2D eigenvalue weighted by Crippen LogP contribution is -2.03. The van der Waals surface area contributed by atoms with Crippen molar-refractivity contribution >= 4 is 5.78 Å². The van der Waals surface area contributed by atoms with Crippen LogP contribution < -0.4 is 0 Å². The van der Waals surface area contributed by atoms with Crippen molar-refractivity contribution < 1.29 is 9.90 Å². The quantitative estimate of drug-likeness (QED) is 0.841. The fourth-order valence-corrected chi connectivity index (χ4v) is 2.23. The van der Waals surface area contributed by atoms with Gasteiger partial charge in [-0.25, -0.2) is 0 Å². The topological polar surface area (TPSA) is 37.3 Å². The number of hydrogen-bond acceptors (Lipinski definition) is 2. The predicted molar refractivity (Wildman–Crippen MR) is 76.7 cm³/mol. The molecule has 0 atom stereocenters. The molecule has 0 unspecified atom stereocenters. The van der Waals surface area contributed by atoms with Gasteiger partial charge in [0.1, 0.15) is 5.75 Å². The normalized spacial score (nSPS) is 10.4. The van der Waals surface area contributed by atoms with Crippen molar-refractivity contribution in [2.75, 3.05) is 0 Å². The standard InChI is InChI=1S/C17H18O2/c1-3-7-14-10-12(2)11-15(17(14)19)16(18)13-8-5-4-6-9-13/h4-6,8-11,19H,3,7H2,1-2H3. The van der Waals surface area contributed by atoms with Gasteiger partial charge in [-0.3, -0.25) is 4.79 Å². The Morgan fingerprint density at radius 3 is 2.47 bits per heavy atom. The maximum absolute atomic E-state index is 12.4. The van der Waals surface area contributed by atoms with Gasteiger partial charge in [0, 0.05) is 5.56 Å². The van der Waals surface area contributed by atoms with E-state index in [0.717, 1.165) is 24.0 Å². The van der Waals surface area contributed by atoms with Crippen LogP contribution in [0.2, 0.25) is 0 Å². The molecule has 2 heteroatoms.